The van der Waals surface area contributed by atoms with Crippen LogP contribution in [0.25, 0.3) is 11.1 Å². The summed E-state index contributed by atoms with van der Waals surface area (Å²) in [5, 5.41) is 8.73. The van der Waals surface area contributed by atoms with E-state index in [1.165, 1.54) is 0 Å². The molecule has 0 aliphatic heterocycles. The van der Waals surface area contributed by atoms with Crippen molar-refractivity contribution >= 4 is 9.84 Å². The van der Waals surface area contributed by atoms with E-state index in [1.54, 1.807) is 30.5 Å². The van der Waals surface area contributed by atoms with Crippen LogP contribution < -0.4 is 5.73 Å². The Balaban J connectivity index is 2.22. The third kappa shape index (κ3) is 3.87. The third-order valence-corrected chi connectivity index (χ3v) is 4.97. The normalized spacial score (nSPS) is 11.5. The summed E-state index contributed by atoms with van der Waals surface area (Å²) >= 11 is 0. The molecule has 6 heteroatoms. The molecule has 0 saturated heterocycles. The molecule has 0 aliphatic rings. The van der Waals surface area contributed by atoms with Crippen LogP contribution in [0, 0.1) is 0 Å². The number of rotatable bonds is 6. The van der Waals surface area contributed by atoms with Gasteiger partial charge in [-0.1, -0.05) is 18.2 Å². The van der Waals surface area contributed by atoms with Gasteiger partial charge in [-0.05, 0) is 30.2 Å². The standard InChI is InChI=1S/C15H18N2O3S/c16-10-14-5-2-13(11-17-14)12-3-6-15(7-4-12)21(19,20)9-1-8-18/h2-7,11,18H,1,8-10,16H2. The number of hydrogen-bond acceptors (Lipinski definition) is 5. The van der Waals surface area contributed by atoms with Crippen LogP contribution in [0.4, 0.5) is 0 Å². The van der Waals surface area contributed by atoms with E-state index in [-0.39, 0.29) is 23.7 Å². The van der Waals surface area contributed by atoms with Gasteiger partial charge in [0.15, 0.2) is 9.84 Å². The highest BCUT2D eigenvalue weighted by Gasteiger charge is 2.13. The number of benzene rings is 1. The number of aromatic nitrogens is 1. The molecule has 0 saturated carbocycles. The molecular formula is C15H18N2O3S. The van der Waals surface area contributed by atoms with Crippen molar-refractivity contribution in [3.63, 3.8) is 0 Å². The zero-order chi connectivity index (χ0) is 15.3. The SMILES string of the molecule is NCc1ccc(-c2ccc(S(=O)(=O)CCCO)cc2)cn1. The predicted molar refractivity (Wildman–Crippen MR) is 81.3 cm³/mol. The highest BCUT2D eigenvalue weighted by Crippen LogP contribution is 2.21. The molecule has 3 N–H and O–H groups in total. The Hall–Kier alpha value is -1.76. The minimum Gasteiger partial charge on any atom is -0.396 e. The molecule has 0 fully saturated rings. The molecule has 0 radical (unpaired) electrons. The zero-order valence-electron chi connectivity index (χ0n) is 11.6. The van der Waals surface area contributed by atoms with Crippen LogP contribution >= 0.6 is 0 Å². The van der Waals surface area contributed by atoms with Crippen LogP contribution in [-0.4, -0.2) is 30.9 Å². The summed E-state index contributed by atoms with van der Waals surface area (Å²) in [5.74, 6) is -0.0460. The minimum absolute atomic E-state index is 0.0460. The summed E-state index contributed by atoms with van der Waals surface area (Å²) in [7, 11) is -3.32. The number of aliphatic hydroxyl groups is 1. The van der Waals surface area contributed by atoms with E-state index in [0.717, 1.165) is 16.8 Å². The van der Waals surface area contributed by atoms with Crippen LogP contribution in [0.5, 0.6) is 0 Å². The molecule has 0 bridgehead atoms. The molecule has 1 aromatic carbocycles. The van der Waals surface area contributed by atoms with Crippen molar-refractivity contribution < 1.29 is 13.5 Å². The number of nitrogens with two attached hydrogens (primary N) is 1. The lowest BCUT2D eigenvalue weighted by Gasteiger charge is -2.06. The van der Waals surface area contributed by atoms with Crippen molar-refractivity contribution in [2.75, 3.05) is 12.4 Å². The summed E-state index contributed by atoms with van der Waals surface area (Å²) in [6.45, 7) is 0.263. The van der Waals surface area contributed by atoms with Crippen LogP contribution in [0.15, 0.2) is 47.5 Å². The summed E-state index contributed by atoms with van der Waals surface area (Å²) in [6.07, 6.45) is 1.96. The Labute approximate surface area is 124 Å². The Morgan fingerprint density at radius 2 is 1.71 bits per heavy atom. The molecule has 1 heterocycles. The maximum atomic E-state index is 12.0. The molecule has 21 heavy (non-hydrogen) atoms. The number of pyridine rings is 1. The molecular weight excluding hydrogens is 288 g/mol. The molecule has 5 nitrogen and oxygen atoms in total. The van der Waals surface area contributed by atoms with Crippen LogP contribution in [0.3, 0.4) is 0 Å². The first-order chi connectivity index (χ1) is 10.1. The van der Waals surface area contributed by atoms with Crippen molar-refractivity contribution in [1.82, 2.24) is 4.98 Å². The summed E-state index contributed by atoms with van der Waals surface area (Å²) in [4.78, 5) is 4.48. The molecule has 0 unspecified atom stereocenters. The van der Waals surface area contributed by atoms with E-state index in [2.05, 4.69) is 4.98 Å². The fraction of sp³-hybridized carbons (Fsp3) is 0.267. The first-order valence-electron chi connectivity index (χ1n) is 6.66. The lowest BCUT2D eigenvalue weighted by molar-refractivity contribution is 0.295. The van der Waals surface area contributed by atoms with Crippen molar-refractivity contribution in [3.05, 3.63) is 48.3 Å². The maximum Gasteiger partial charge on any atom is 0.178 e. The smallest absolute Gasteiger partial charge is 0.178 e. The molecule has 2 rings (SSSR count). The molecule has 0 amide bonds. The fourth-order valence-corrected chi connectivity index (χ4v) is 3.24. The number of aliphatic hydroxyl groups excluding tert-OH is 1. The van der Waals surface area contributed by atoms with Gasteiger partial charge in [0, 0.05) is 24.9 Å². The second-order valence-electron chi connectivity index (χ2n) is 4.66. The zero-order valence-corrected chi connectivity index (χ0v) is 12.4. The number of nitrogens with zero attached hydrogens (tertiary/aromatic N) is 1. The maximum absolute atomic E-state index is 12.0. The molecule has 0 atom stereocenters. The number of sulfone groups is 1. The Morgan fingerprint density at radius 1 is 1.05 bits per heavy atom. The van der Waals surface area contributed by atoms with Crippen molar-refractivity contribution in [3.8, 4) is 11.1 Å². The van der Waals surface area contributed by atoms with Crippen molar-refractivity contribution in [1.29, 1.82) is 0 Å². The van der Waals surface area contributed by atoms with Gasteiger partial charge >= 0.3 is 0 Å². The lowest BCUT2D eigenvalue weighted by Crippen LogP contribution is -2.08. The molecule has 2 aromatic rings. The lowest BCUT2D eigenvalue weighted by atomic mass is 10.1. The minimum atomic E-state index is -3.32. The quantitative estimate of drug-likeness (QED) is 0.840. The van der Waals surface area contributed by atoms with E-state index in [4.69, 9.17) is 10.8 Å². The average Bonchev–Trinajstić information content (AvgIpc) is 2.53. The average molecular weight is 306 g/mol. The first kappa shape index (κ1) is 15.6. The fourth-order valence-electron chi connectivity index (χ4n) is 1.94. The van der Waals surface area contributed by atoms with Crippen molar-refractivity contribution in [2.45, 2.75) is 17.9 Å². The highest BCUT2D eigenvalue weighted by atomic mass is 32.2. The van der Waals surface area contributed by atoms with Crippen LogP contribution in [0.1, 0.15) is 12.1 Å². The van der Waals surface area contributed by atoms with Gasteiger partial charge in [-0.3, -0.25) is 4.98 Å². The van der Waals surface area contributed by atoms with Gasteiger partial charge in [-0.2, -0.15) is 0 Å². The Kier molecular flexibility index (Phi) is 5.06. The summed E-state index contributed by atoms with van der Waals surface area (Å²) in [5.41, 5.74) is 8.11. The van der Waals surface area contributed by atoms with E-state index >= 15 is 0 Å². The topological polar surface area (TPSA) is 93.3 Å². The van der Waals surface area contributed by atoms with Gasteiger partial charge < -0.3 is 10.8 Å². The Bertz CT molecular complexity index is 680. The number of hydrogen-bond donors (Lipinski definition) is 2. The van der Waals surface area contributed by atoms with Gasteiger partial charge in [-0.25, -0.2) is 8.42 Å². The van der Waals surface area contributed by atoms with Gasteiger partial charge in [-0.15, -0.1) is 0 Å². The second-order valence-corrected chi connectivity index (χ2v) is 6.77. The van der Waals surface area contributed by atoms with E-state index in [0.29, 0.717) is 6.54 Å². The monoisotopic (exact) mass is 306 g/mol. The van der Waals surface area contributed by atoms with Gasteiger partial charge in [0.25, 0.3) is 0 Å². The Morgan fingerprint density at radius 3 is 2.24 bits per heavy atom. The van der Waals surface area contributed by atoms with Crippen LogP contribution in [0.2, 0.25) is 0 Å². The van der Waals surface area contributed by atoms with Crippen molar-refractivity contribution in [2.24, 2.45) is 5.73 Å². The molecule has 0 aliphatic carbocycles. The van der Waals surface area contributed by atoms with Crippen LogP contribution in [-0.2, 0) is 16.4 Å². The van der Waals surface area contributed by atoms with E-state index in [9.17, 15) is 8.42 Å². The molecule has 1 aromatic heterocycles. The summed E-state index contributed by atoms with van der Waals surface area (Å²) < 4.78 is 24.0. The third-order valence-electron chi connectivity index (χ3n) is 3.15. The molecule has 112 valence electrons. The van der Waals surface area contributed by atoms with Gasteiger partial charge in [0.2, 0.25) is 0 Å². The van der Waals surface area contributed by atoms with Gasteiger partial charge in [0.1, 0.15) is 0 Å². The largest absolute Gasteiger partial charge is 0.396 e. The summed E-state index contributed by atoms with van der Waals surface area (Å²) in [6, 6.07) is 10.4. The first-order valence-corrected chi connectivity index (χ1v) is 8.31. The highest BCUT2D eigenvalue weighted by molar-refractivity contribution is 7.91. The van der Waals surface area contributed by atoms with E-state index in [1.807, 2.05) is 12.1 Å². The predicted octanol–water partition coefficient (Wildman–Crippen LogP) is 1.36. The molecule has 0 spiro atoms. The van der Waals surface area contributed by atoms with Gasteiger partial charge in [0.05, 0.1) is 16.3 Å². The van der Waals surface area contributed by atoms with E-state index < -0.39 is 9.84 Å². The second kappa shape index (κ2) is 6.80.